The van der Waals surface area contributed by atoms with E-state index in [2.05, 4.69) is 11.1 Å². The molecule has 0 spiro atoms. The minimum absolute atomic E-state index is 0.0138. The van der Waals surface area contributed by atoms with Crippen LogP contribution in [0.25, 0.3) is 15.8 Å². The third-order valence-corrected chi connectivity index (χ3v) is 10.9. The van der Waals surface area contributed by atoms with Crippen LogP contribution in [0.3, 0.4) is 0 Å². The molecule has 0 aliphatic carbocycles. The molecule has 2 N–H and O–H groups in total. The number of carbonyl (C=O) groups excluding carboxylic acids is 1. The largest absolute Gasteiger partial charge is 0.467 e. The first-order valence-electron chi connectivity index (χ1n) is 14.8. The lowest BCUT2D eigenvalue weighted by atomic mass is 9.97. The molecule has 0 bridgehead atoms. The number of hydrogen-bond acceptors (Lipinski definition) is 8. The molecule has 0 atom stereocenters. The second-order valence-corrected chi connectivity index (χ2v) is 15.7. The summed E-state index contributed by atoms with van der Waals surface area (Å²) in [6, 6.07) is 13.2. The zero-order valence-electron chi connectivity index (χ0n) is 25.2. The molecule has 43 heavy (non-hydrogen) atoms. The van der Waals surface area contributed by atoms with Crippen LogP contribution in [0.1, 0.15) is 74.9 Å². The van der Waals surface area contributed by atoms with Gasteiger partial charge in [0.1, 0.15) is 6.10 Å². The number of fused-ring (bicyclic) bond motifs is 1. The molecule has 1 aromatic heterocycles. The van der Waals surface area contributed by atoms with Crippen LogP contribution in [-0.4, -0.2) is 82.4 Å². The fourth-order valence-electron chi connectivity index (χ4n) is 5.35. The number of likely N-dealkylation sites (tertiary alicyclic amines) is 1. The summed E-state index contributed by atoms with van der Waals surface area (Å²) < 4.78 is 34.2. The smallest absolute Gasteiger partial charge is 0.274 e. The van der Waals surface area contributed by atoms with Gasteiger partial charge in [-0.2, -0.15) is 4.31 Å². The van der Waals surface area contributed by atoms with Crippen molar-refractivity contribution in [3.05, 3.63) is 65.2 Å². The van der Waals surface area contributed by atoms with Crippen LogP contribution in [0.2, 0.25) is 0 Å². The van der Waals surface area contributed by atoms with Crippen molar-refractivity contribution in [2.24, 2.45) is 0 Å². The summed E-state index contributed by atoms with van der Waals surface area (Å²) in [6.07, 6.45) is 4.21. The lowest BCUT2D eigenvalue weighted by Gasteiger charge is -2.31. The molecule has 1 amide bonds. The van der Waals surface area contributed by atoms with Crippen molar-refractivity contribution in [2.75, 3.05) is 31.9 Å². The monoisotopic (exact) mass is 627 g/mol. The van der Waals surface area contributed by atoms with E-state index in [1.54, 1.807) is 52.0 Å². The Morgan fingerprint density at radius 2 is 1.74 bits per heavy atom. The first-order valence-corrected chi connectivity index (χ1v) is 17.2. The van der Waals surface area contributed by atoms with E-state index in [4.69, 9.17) is 4.74 Å². The molecule has 2 aromatic carbocycles. The van der Waals surface area contributed by atoms with Gasteiger partial charge in [-0.15, -0.1) is 0 Å². The number of rotatable bonds is 9. The molecule has 1 saturated heterocycles. The summed E-state index contributed by atoms with van der Waals surface area (Å²) in [4.78, 5) is 19.5. The Labute approximate surface area is 257 Å². The fraction of sp³-hybridized carbons (Fsp3) is 0.500. The van der Waals surface area contributed by atoms with Gasteiger partial charge in [-0.3, -0.25) is 4.79 Å². The molecule has 0 saturated carbocycles. The predicted octanol–water partition coefficient (Wildman–Crippen LogP) is 4.79. The molecule has 11 heteroatoms. The van der Waals surface area contributed by atoms with Crippen molar-refractivity contribution in [2.45, 2.75) is 70.7 Å². The Kier molecular flexibility index (Phi) is 9.02. The highest BCUT2D eigenvalue weighted by Crippen LogP contribution is 2.34. The average Bonchev–Trinajstić information content (AvgIpc) is 3.37. The molecule has 232 valence electrons. The molecule has 2 aliphatic heterocycles. The second-order valence-electron chi connectivity index (χ2n) is 12.6. The zero-order valence-corrected chi connectivity index (χ0v) is 26.9. The number of thiazole rings is 1. The molecule has 1 fully saturated rings. The molecule has 2 aliphatic rings. The maximum atomic E-state index is 13.0. The molecule has 9 nitrogen and oxygen atoms in total. The van der Waals surface area contributed by atoms with Gasteiger partial charge in [0.05, 0.1) is 27.2 Å². The van der Waals surface area contributed by atoms with E-state index in [1.807, 2.05) is 23.1 Å². The normalized spacial score (nSPS) is 17.7. The Bertz CT molecular complexity index is 1590. The number of hydrogen-bond donors (Lipinski definition) is 2. The molecular formula is C32H41N3O6S2. The van der Waals surface area contributed by atoms with Gasteiger partial charge in [0.15, 0.2) is 0 Å². The van der Waals surface area contributed by atoms with E-state index in [0.717, 1.165) is 39.8 Å². The van der Waals surface area contributed by atoms with Crippen LogP contribution in [0.5, 0.6) is 5.19 Å². The van der Waals surface area contributed by atoms with Gasteiger partial charge in [0, 0.05) is 44.6 Å². The number of aliphatic hydroxyl groups is 2. The van der Waals surface area contributed by atoms with Gasteiger partial charge in [0.25, 0.3) is 11.1 Å². The minimum atomic E-state index is -3.42. The summed E-state index contributed by atoms with van der Waals surface area (Å²) in [6.45, 7) is 8.64. The number of benzene rings is 2. The number of nitrogens with zero attached hydrogens (tertiary/aromatic N) is 3. The molecule has 3 heterocycles. The van der Waals surface area contributed by atoms with E-state index >= 15 is 0 Å². The standard InChI is InChI=1S/C32H41N3O6S2/c1-31(2,37)15-20-43(39,40)35-18-11-22(12-19-35)24-7-10-27-28(21-24)42-30(33-27)41-26-13-16-34(17-14-26)29(36)23-5-8-25(9-6-23)32(3,4)38/h5-11,21,26,37-38H,12-20H2,1-4H3. The van der Waals surface area contributed by atoms with E-state index in [9.17, 15) is 23.4 Å². The predicted molar refractivity (Wildman–Crippen MR) is 170 cm³/mol. The lowest BCUT2D eigenvalue weighted by Crippen LogP contribution is -2.41. The molecule has 3 aromatic rings. The number of carbonyl (C=O) groups is 1. The Balaban J connectivity index is 1.16. The van der Waals surface area contributed by atoms with Crippen LogP contribution in [-0.2, 0) is 15.6 Å². The quantitative estimate of drug-likeness (QED) is 0.350. The van der Waals surface area contributed by atoms with Crippen molar-refractivity contribution < 1.29 is 28.2 Å². The SMILES string of the molecule is CC(C)(O)CCS(=O)(=O)N1CC=C(c2ccc3nc(OC4CCN(C(=O)c5ccc(C(C)(C)O)cc5)CC4)sc3c2)CC1. The Hall–Kier alpha value is -2.83. The highest BCUT2D eigenvalue weighted by molar-refractivity contribution is 7.89. The van der Waals surface area contributed by atoms with Crippen molar-refractivity contribution in [1.29, 1.82) is 0 Å². The van der Waals surface area contributed by atoms with Crippen molar-refractivity contribution >= 4 is 43.1 Å². The molecule has 5 rings (SSSR count). The van der Waals surface area contributed by atoms with E-state index in [1.165, 1.54) is 15.6 Å². The van der Waals surface area contributed by atoms with Crippen LogP contribution < -0.4 is 4.74 Å². The van der Waals surface area contributed by atoms with Crippen molar-refractivity contribution in [3.8, 4) is 5.19 Å². The first kappa shape index (κ1) is 31.6. The van der Waals surface area contributed by atoms with Gasteiger partial charge in [-0.05, 0) is 81.5 Å². The van der Waals surface area contributed by atoms with Crippen LogP contribution in [0.4, 0.5) is 0 Å². The van der Waals surface area contributed by atoms with Gasteiger partial charge < -0.3 is 19.8 Å². The second kappa shape index (κ2) is 12.3. The third kappa shape index (κ3) is 7.82. The minimum Gasteiger partial charge on any atom is -0.467 e. The molecular weight excluding hydrogens is 587 g/mol. The lowest BCUT2D eigenvalue weighted by molar-refractivity contribution is 0.0593. The topological polar surface area (TPSA) is 120 Å². The maximum absolute atomic E-state index is 13.0. The van der Waals surface area contributed by atoms with Gasteiger partial charge in [-0.1, -0.05) is 35.6 Å². The fourth-order valence-corrected chi connectivity index (χ4v) is 7.96. The van der Waals surface area contributed by atoms with Gasteiger partial charge >= 0.3 is 0 Å². The van der Waals surface area contributed by atoms with Gasteiger partial charge in [0.2, 0.25) is 10.0 Å². The number of sulfonamides is 1. The summed E-state index contributed by atoms with van der Waals surface area (Å²) in [7, 11) is -3.42. The van der Waals surface area contributed by atoms with E-state index in [0.29, 0.717) is 43.4 Å². The number of ether oxygens (including phenoxy) is 1. The van der Waals surface area contributed by atoms with Crippen molar-refractivity contribution in [3.63, 3.8) is 0 Å². The molecule has 0 radical (unpaired) electrons. The van der Waals surface area contributed by atoms with E-state index < -0.39 is 21.2 Å². The van der Waals surface area contributed by atoms with Crippen molar-refractivity contribution in [1.82, 2.24) is 14.2 Å². The summed E-state index contributed by atoms with van der Waals surface area (Å²) in [5, 5.41) is 20.7. The Morgan fingerprint density at radius 3 is 2.35 bits per heavy atom. The van der Waals surface area contributed by atoms with Gasteiger partial charge in [-0.25, -0.2) is 13.4 Å². The first-order chi connectivity index (χ1) is 20.2. The highest BCUT2D eigenvalue weighted by atomic mass is 32.2. The number of aromatic nitrogens is 1. The summed E-state index contributed by atoms with van der Waals surface area (Å²) >= 11 is 1.50. The number of piperidine rings is 1. The number of amides is 1. The summed E-state index contributed by atoms with van der Waals surface area (Å²) in [5.74, 6) is -0.0808. The maximum Gasteiger partial charge on any atom is 0.274 e. The zero-order chi connectivity index (χ0) is 31.0. The highest BCUT2D eigenvalue weighted by Gasteiger charge is 2.28. The third-order valence-electron chi connectivity index (χ3n) is 8.11. The van der Waals surface area contributed by atoms with E-state index in [-0.39, 0.29) is 24.2 Å². The molecule has 0 unspecified atom stereocenters. The Morgan fingerprint density at radius 1 is 1.05 bits per heavy atom. The summed E-state index contributed by atoms with van der Waals surface area (Å²) in [5.41, 5.74) is 2.45. The van der Waals surface area contributed by atoms with Crippen LogP contribution in [0.15, 0.2) is 48.5 Å². The average molecular weight is 628 g/mol. The van der Waals surface area contributed by atoms with Crippen LogP contribution >= 0.6 is 11.3 Å². The van der Waals surface area contributed by atoms with Crippen LogP contribution in [0, 0.1) is 0 Å².